The van der Waals surface area contributed by atoms with Crippen molar-refractivity contribution in [1.29, 1.82) is 0 Å². The van der Waals surface area contributed by atoms with Gasteiger partial charge in [-0.05, 0) is 17.7 Å². The van der Waals surface area contributed by atoms with Crippen LogP contribution in [0.1, 0.15) is 5.56 Å². The average Bonchev–Trinajstić information content (AvgIpc) is 2.32. The number of nitrogens with zero attached hydrogens (tertiary/aromatic N) is 2. The largest absolute Gasteiger partial charge is 0.350 e. The molecule has 0 amide bonds. The van der Waals surface area contributed by atoms with Gasteiger partial charge in [0.1, 0.15) is 5.82 Å². The Hall–Kier alpha value is -2.77. The predicted octanol–water partition coefficient (Wildman–Crippen LogP) is 0.632. The summed E-state index contributed by atoms with van der Waals surface area (Å²) < 4.78 is 13.9. The molecule has 19 heavy (non-hydrogen) atoms. The second kappa shape index (κ2) is 4.84. The summed E-state index contributed by atoms with van der Waals surface area (Å²) in [7, 11) is 0. The smallest absolute Gasteiger partial charge is 0.289 e. The lowest BCUT2D eigenvalue weighted by atomic mass is 10.2. The van der Waals surface area contributed by atoms with Gasteiger partial charge >= 0.3 is 16.9 Å². The molecule has 1 aromatic carbocycles. The molecule has 0 aliphatic heterocycles. The summed E-state index contributed by atoms with van der Waals surface area (Å²) in [6.07, 6.45) is 0.839. The second-order valence-corrected chi connectivity index (χ2v) is 3.79. The maximum atomic E-state index is 13.0. The zero-order chi connectivity index (χ0) is 14.0. The van der Waals surface area contributed by atoms with Gasteiger partial charge in [-0.1, -0.05) is 12.1 Å². The van der Waals surface area contributed by atoms with E-state index in [9.17, 15) is 24.1 Å². The third kappa shape index (κ3) is 2.73. The van der Waals surface area contributed by atoms with E-state index >= 15 is 0 Å². The molecule has 0 saturated heterocycles. The number of hydrogen-bond donors (Lipinski definition) is 1. The van der Waals surface area contributed by atoms with Gasteiger partial charge in [0.05, 0.1) is 17.7 Å². The van der Waals surface area contributed by atoms with Crippen molar-refractivity contribution in [2.75, 3.05) is 0 Å². The summed E-state index contributed by atoms with van der Waals surface area (Å²) >= 11 is 0. The quantitative estimate of drug-likeness (QED) is 0.650. The molecule has 0 aliphatic carbocycles. The van der Waals surface area contributed by atoms with E-state index in [4.69, 9.17) is 0 Å². The lowest BCUT2D eigenvalue weighted by Gasteiger charge is -2.04. The van der Waals surface area contributed by atoms with Gasteiger partial charge in [-0.25, -0.2) is 9.18 Å². The standard InChI is InChI=1S/C11H8FN3O4/c12-8-3-1-2-7(4-8)5-14-6-9(15(18)19)10(16)13-11(14)17/h1-4,6H,5H2,(H,13,16,17). The SMILES string of the molecule is O=c1[nH]c(=O)n(Cc2cccc(F)c2)cc1[N+](=O)[O-]. The summed E-state index contributed by atoms with van der Waals surface area (Å²) in [6.45, 7) is -0.0752. The lowest BCUT2D eigenvalue weighted by Crippen LogP contribution is -2.31. The van der Waals surface area contributed by atoms with Gasteiger partial charge in [0, 0.05) is 0 Å². The molecule has 2 rings (SSSR count). The Morgan fingerprint density at radius 2 is 2.11 bits per heavy atom. The topological polar surface area (TPSA) is 98.0 Å². The van der Waals surface area contributed by atoms with E-state index in [0.29, 0.717) is 5.56 Å². The van der Waals surface area contributed by atoms with Crippen molar-refractivity contribution < 1.29 is 9.31 Å². The minimum absolute atomic E-state index is 0.0752. The van der Waals surface area contributed by atoms with Crippen LogP contribution < -0.4 is 11.2 Å². The van der Waals surface area contributed by atoms with E-state index in [1.807, 2.05) is 4.98 Å². The van der Waals surface area contributed by atoms with Crippen LogP contribution in [0.5, 0.6) is 0 Å². The number of nitrogens with one attached hydrogen (secondary N) is 1. The van der Waals surface area contributed by atoms with Crippen molar-refractivity contribution in [2.24, 2.45) is 0 Å². The highest BCUT2D eigenvalue weighted by atomic mass is 19.1. The number of hydrogen-bond acceptors (Lipinski definition) is 4. The normalized spacial score (nSPS) is 10.4. The van der Waals surface area contributed by atoms with Crippen LogP contribution in [0.15, 0.2) is 40.1 Å². The average molecular weight is 265 g/mol. The summed E-state index contributed by atoms with van der Waals surface area (Å²) in [5.41, 5.74) is -2.15. The van der Waals surface area contributed by atoms with Crippen molar-refractivity contribution in [3.63, 3.8) is 0 Å². The van der Waals surface area contributed by atoms with Crippen molar-refractivity contribution in [2.45, 2.75) is 6.54 Å². The Morgan fingerprint density at radius 1 is 1.37 bits per heavy atom. The van der Waals surface area contributed by atoms with Crippen molar-refractivity contribution in [3.8, 4) is 0 Å². The monoisotopic (exact) mass is 265 g/mol. The van der Waals surface area contributed by atoms with Crippen LogP contribution in [-0.4, -0.2) is 14.5 Å². The molecule has 7 nitrogen and oxygen atoms in total. The molecule has 0 unspecified atom stereocenters. The molecular weight excluding hydrogens is 257 g/mol. The van der Waals surface area contributed by atoms with Gasteiger partial charge in [0.25, 0.3) is 0 Å². The Balaban J connectivity index is 2.46. The highest BCUT2D eigenvalue weighted by molar-refractivity contribution is 5.22. The molecule has 0 spiro atoms. The third-order valence-corrected chi connectivity index (χ3v) is 2.43. The fourth-order valence-electron chi connectivity index (χ4n) is 1.58. The molecule has 2 aromatic rings. The highest BCUT2D eigenvalue weighted by Gasteiger charge is 2.14. The molecule has 1 aromatic heterocycles. The minimum Gasteiger partial charge on any atom is -0.289 e. The van der Waals surface area contributed by atoms with E-state index in [2.05, 4.69) is 0 Å². The molecule has 0 bridgehead atoms. The maximum Gasteiger partial charge on any atom is 0.350 e. The van der Waals surface area contributed by atoms with E-state index < -0.39 is 27.7 Å². The van der Waals surface area contributed by atoms with Crippen LogP contribution in [0.4, 0.5) is 10.1 Å². The molecular formula is C11H8FN3O4. The van der Waals surface area contributed by atoms with Gasteiger partial charge in [0.15, 0.2) is 0 Å². The zero-order valence-electron chi connectivity index (χ0n) is 9.50. The minimum atomic E-state index is -1.06. The summed E-state index contributed by atoms with van der Waals surface area (Å²) in [5, 5.41) is 10.6. The van der Waals surface area contributed by atoms with E-state index in [1.54, 1.807) is 6.07 Å². The maximum absolute atomic E-state index is 13.0. The Morgan fingerprint density at radius 3 is 2.74 bits per heavy atom. The Bertz CT molecular complexity index is 750. The fraction of sp³-hybridized carbons (Fsp3) is 0.0909. The number of halogens is 1. The summed E-state index contributed by atoms with van der Waals surface area (Å²) in [5.74, 6) is -0.482. The van der Waals surface area contributed by atoms with E-state index in [-0.39, 0.29) is 6.54 Å². The molecule has 98 valence electrons. The number of benzene rings is 1. The molecule has 0 aliphatic rings. The number of aromatic amines is 1. The number of H-pyrrole nitrogens is 1. The first-order chi connectivity index (χ1) is 8.97. The highest BCUT2D eigenvalue weighted by Crippen LogP contribution is 2.06. The van der Waals surface area contributed by atoms with Gasteiger partial charge in [0.2, 0.25) is 0 Å². The van der Waals surface area contributed by atoms with Crippen LogP contribution in [0.3, 0.4) is 0 Å². The molecule has 0 fully saturated rings. The summed E-state index contributed by atoms with van der Waals surface area (Å²) in [4.78, 5) is 34.2. The molecule has 0 atom stereocenters. The van der Waals surface area contributed by atoms with Crippen LogP contribution in [-0.2, 0) is 6.54 Å². The Labute approximate surface area is 105 Å². The lowest BCUT2D eigenvalue weighted by molar-refractivity contribution is -0.386. The Kier molecular flexibility index (Phi) is 3.23. The van der Waals surface area contributed by atoms with Crippen LogP contribution in [0.2, 0.25) is 0 Å². The van der Waals surface area contributed by atoms with Crippen molar-refractivity contribution >= 4 is 5.69 Å². The molecule has 0 radical (unpaired) electrons. The van der Waals surface area contributed by atoms with Crippen LogP contribution >= 0.6 is 0 Å². The third-order valence-electron chi connectivity index (χ3n) is 2.43. The first-order valence-corrected chi connectivity index (χ1v) is 5.20. The van der Waals surface area contributed by atoms with Gasteiger partial charge in [-0.15, -0.1) is 0 Å². The van der Waals surface area contributed by atoms with Gasteiger partial charge < -0.3 is 0 Å². The molecule has 1 heterocycles. The number of aromatic nitrogens is 2. The predicted molar refractivity (Wildman–Crippen MR) is 63.5 cm³/mol. The zero-order valence-corrected chi connectivity index (χ0v) is 9.50. The first kappa shape index (κ1) is 12.7. The van der Waals surface area contributed by atoms with Gasteiger partial charge in [-0.3, -0.25) is 24.5 Å². The van der Waals surface area contributed by atoms with Crippen LogP contribution in [0.25, 0.3) is 0 Å². The first-order valence-electron chi connectivity index (χ1n) is 5.20. The van der Waals surface area contributed by atoms with E-state index in [0.717, 1.165) is 10.8 Å². The van der Waals surface area contributed by atoms with E-state index in [1.165, 1.54) is 18.2 Å². The molecule has 0 saturated carbocycles. The van der Waals surface area contributed by atoms with Crippen LogP contribution in [0, 0.1) is 15.9 Å². The summed E-state index contributed by atoms with van der Waals surface area (Å²) in [6, 6.07) is 5.45. The second-order valence-electron chi connectivity index (χ2n) is 3.79. The van der Waals surface area contributed by atoms with Gasteiger partial charge in [-0.2, -0.15) is 0 Å². The number of rotatable bonds is 3. The molecule has 8 heteroatoms. The number of nitro groups is 1. The van der Waals surface area contributed by atoms with Crippen molar-refractivity contribution in [3.05, 3.63) is 72.8 Å². The fourth-order valence-corrected chi connectivity index (χ4v) is 1.58. The molecule has 1 N–H and O–H groups in total. The van der Waals surface area contributed by atoms with Crippen molar-refractivity contribution in [1.82, 2.24) is 9.55 Å².